The summed E-state index contributed by atoms with van der Waals surface area (Å²) in [5, 5.41) is 0. The molecule has 0 aromatic rings. The molecule has 0 aliphatic rings. The van der Waals surface area contributed by atoms with Gasteiger partial charge in [0.15, 0.2) is 0 Å². The Balaban J connectivity index is 2.80. The highest BCUT2D eigenvalue weighted by Crippen LogP contribution is 1.76. The van der Waals surface area contributed by atoms with Crippen molar-refractivity contribution in [1.82, 2.24) is 0 Å². The summed E-state index contributed by atoms with van der Waals surface area (Å²) in [6.45, 7) is 0.421. The second-order valence-corrected chi connectivity index (χ2v) is 1.06. The highest BCUT2D eigenvalue weighted by Gasteiger charge is 1.73. The van der Waals surface area contributed by atoms with Gasteiger partial charge in [0.25, 0.3) is 0 Å². The van der Waals surface area contributed by atoms with Crippen LogP contribution in [0.2, 0.25) is 0 Å². The number of ether oxygens (including phenoxy) is 1. The lowest BCUT2D eigenvalue weighted by molar-refractivity contribution is -0.263. The monoisotopic (exact) mass is 118 g/mol. The minimum absolute atomic E-state index is 0.421. The van der Waals surface area contributed by atoms with E-state index in [-0.39, 0.29) is 0 Å². The molecule has 0 N–H and O–H groups in total. The third-order valence-corrected chi connectivity index (χ3v) is 0.514. The molecule has 48 valence electrons. The predicted molar refractivity (Wildman–Crippen MR) is 29.1 cm³/mol. The second-order valence-electron chi connectivity index (χ2n) is 1.06. The molecule has 0 rings (SSSR count). The van der Waals surface area contributed by atoms with Crippen LogP contribution in [0.3, 0.4) is 0 Å². The van der Waals surface area contributed by atoms with Crippen LogP contribution in [0.5, 0.6) is 0 Å². The molecular formula is C5H10O3. The van der Waals surface area contributed by atoms with Crippen molar-refractivity contribution < 1.29 is 14.5 Å². The smallest absolute Gasteiger partial charge is 0.104 e. The van der Waals surface area contributed by atoms with Crippen molar-refractivity contribution in [2.45, 2.75) is 0 Å². The minimum atomic E-state index is 0.421. The Hall–Kier alpha value is -0.540. The van der Waals surface area contributed by atoms with Crippen LogP contribution >= 0.6 is 0 Å². The van der Waals surface area contributed by atoms with Crippen LogP contribution in [0.15, 0.2) is 12.3 Å². The van der Waals surface area contributed by atoms with Crippen molar-refractivity contribution in [1.29, 1.82) is 0 Å². The fourth-order valence-corrected chi connectivity index (χ4v) is 0.243. The molecular weight excluding hydrogens is 108 g/mol. The van der Waals surface area contributed by atoms with Gasteiger partial charge in [-0.2, -0.15) is 0 Å². The Bertz CT molecular complexity index is 60.7. The molecule has 0 aliphatic heterocycles. The summed E-state index contributed by atoms with van der Waals surface area (Å²) in [5.74, 6) is 0. The molecule has 0 spiro atoms. The Kier molecular flexibility index (Phi) is 6.02. The summed E-state index contributed by atoms with van der Waals surface area (Å²) in [6, 6.07) is 0. The first-order valence-electron chi connectivity index (χ1n) is 2.25. The molecule has 8 heavy (non-hydrogen) atoms. The first-order chi connectivity index (χ1) is 3.91. The minimum Gasteiger partial charge on any atom is -0.505 e. The molecule has 0 saturated carbocycles. The molecule has 0 amide bonds. The summed E-state index contributed by atoms with van der Waals surface area (Å²) in [6.07, 6.45) is 3.22. The predicted octanol–water partition coefficient (Wildman–Crippen LogP) is 0.725. The molecule has 0 heterocycles. The average molecular weight is 118 g/mol. The highest BCUT2D eigenvalue weighted by atomic mass is 17.2. The van der Waals surface area contributed by atoms with Crippen molar-refractivity contribution in [3.63, 3.8) is 0 Å². The maximum atomic E-state index is 4.57. The number of methoxy groups -OCH3 is 1. The van der Waals surface area contributed by atoms with E-state index in [0.717, 1.165) is 0 Å². The van der Waals surface area contributed by atoms with Gasteiger partial charge in [-0.3, -0.25) is 0 Å². The van der Waals surface area contributed by atoms with E-state index in [1.807, 2.05) is 0 Å². The number of hydrogen-bond acceptors (Lipinski definition) is 3. The molecule has 0 radical (unpaired) electrons. The summed E-state index contributed by atoms with van der Waals surface area (Å²) in [5.41, 5.74) is 0. The van der Waals surface area contributed by atoms with Gasteiger partial charge in [-0.25, -0.2) is 9.78 Å². The van der Waals surface area contributed by atoms with Gasteiger partial charge >= 0.3 is 0 Å². The summed E-state index contributed by atoms with van der Waals surface area (Å²) in [7, 11) is 3.03. The molecule has 3 nitrogen and oxygen atoms in total. The molecule has 0 aliphatic carbocycles. The number of rotatable bonds is 4. The van der Waals surface area contributed by atoms with E-state index in [4.69, 9.17) is 0 Å². The molecule has 0 unspecified atom stereocenters. The van der Waals surface area contributed by atoms with Gasteiger partial charge in [-0.1, -0.05) is 0 Å². The summed E-state index contributed by atoms with van der Waals surface area (Å²) < 4.78 is 4.57. The van der Waals surface area contributed by atoms with E-state index in [0.29, 0.717) is 6.61 Å². The molecule has 0 bridgehead atoms. The Labute approximate surface area is 48.8 Å². The molecule has 0 aromatic carbocycles. The van der Waals surface area contributed by atoms with Crippen molar-refractivity contribution in [3.8, 4) is 0 Å². The van der Waals surface area contributed by atoms with Gasteiger partial charge in [0.1, 0.15) is 6.61 Å². The largest absolute Gasteiger partial charge is 0.505 e. The van der Waals surface area contributed by atoms with E-state index in [9.17, 15) is 0 Å². The normalized spacial score (nSPS) is 10.2. The van der Waals surface area contributed by atoms with Crippen LogP contribution < -0.4 is 0 Å². The molecule has 0 saturated heterocycles. The fraction of sp³-hybridized carbons (Fsp3) is 0.600. The van der Waals surface area contributed by atoms with Gasteiger partial charge < -0.3 is 4.74 Å². The standard InChI is InChI=1S/C5H10O3/c1-6-4-3-5-8-7-2/h3-4H,5H2,1-2H3/b4-3+. The van der Waals surface area contributed by atoms with Crippen molar-refractivity contribution >= 4 is 0 Å². The van der Waals surface area contributed by atoms with Crippen molar-refractivity contribution in [2.75, 3.05) is 20.8 Å². The van der Waals surface area contributed by atoms with Gasteiger partial charge in [0.2, 0.25) is 0 Å². The summed E-state index contributed by atoms with van der Waals surface area (Å²) >= 11 is 0. The Morgan fingerprint density at radius 2 is 2.12 bits per heavy atom. The first kappa shape index (κ1) is 7.46. The topological polar surface area (TPSA) is 27.7 Å². The quantitative estimate of drug-likeness (QED) is 0.235. The maximum Gasteiger partial charge on any atom is 0.104 e. The van der Waals surface area contributed by atoms with E-state index in [1.165, 1.54) is 13.4 Å². The van der Waals surface area contributed by atoms with Crippen LogP contribution in [0.4, 0.5) is 0 Å². The van der Waals surface area contributed by atoms with Gasteiger partial charge in [0.05, 0.1) is 20.5 Å². The third kappa shape index (κ3) is 5.46. The molecule has 0 fully saturated rings. The van der Waals surface area contributed by atoms with Gasteiger partial charge in [-0.15, -0.1) is 0 Å². The molecule has 0 atom stereocenters. The average Bonchev–Trinajstić information content (AvgIpc) is 1.81. The first-order valence-corrected chi connectivity index (χ1v) is 2.25. The maximum absolute atomic E-state index is 4.57. The van der Waals surface area contributed by atoms with E-state index >= 15 is 0 Å². The molecule has 0 aromatic heterocycles. The third-order valence-electron chi connectivity index (χ3n) is 0.514. The van der Waals surface area contributed by atoms with Gasteiger partial charge in [0, 0.05) is 0 Å². The highest BCUT2D eigenvalue weighted by molar-refractivity contribution is 4.70. The van der Waals surface area contributed by atoms with E-state index in [2.05, 4.69) is 14.5 Å². The zero-order valence-electron chi connectivity index (χ0n) is 5.09. The Morgan fingerprint density at radius 1 is 1.38 bits per heavy atom. The van der Waals surface area contributed by atoms with Crippen LogP contribution in [-0.4, -0.2) is 20.8 Å². The van der Waals surface area contributed by atoms with E-state index < -0.39 is 0 Å². The Morgan fingerprint density at radius 3 is 2.62 bits per heavy atom. The lowest BCUT2D eigenvalue weighted by Crippen LogP contribution is -1.87. The van der Waals surface area contributed by atoms with E-state index in [1.54, 1.807) is 13.2 Å². The lowest BCUT2D eigenvalue weighted by Gasteiger charge is -1.90. The van der Waals surface area contributed by atoms with Crippen LogP contribution in [0.1, 0.15) is 0 Å². The van der Waals surface area contributed by atoms with Crippen LogP contribution in [0.25, 0.3) is 0 Å². The van der Waals surface area contributed by atoms with Crippen LogP contribution in [0, 0.1) is 0 Å². The van der Waals surface area contributed by atoms with Crippen molar-refractivity contribution in [2.24, 2.45) is 0 Å². The van der Waals surface area contributed by atoms with Crippen LogP contribution in [-0.2, 0) is 14.5 Å². The summed E-state index contributed by atoms with van der Waals surface area (Å²) in [4.78, 5) is 8.75. The number of hydrogen-bond donors (Lipinski definition) is 0. The van der Waals surface area contributed by atoms with Gasteiger partial charge in [-0.05, 0) is 6.08 Å². The SMILES string of the molecule is CO/C=C/COOC. The fourth-order valence-electron chi connectivity index (χ4n) is 0.243. The zero-order chi connectivity index (χ0) is 6.24. The van der Waals surface area contributed by atoms with Crippen molar-refractivity contribution in [3.05, 3.63) is 12.3 Å². The second kappa shape index (κ2) is 6.46. The zero-order valence-corrected chi connectivity index (χ0v) is 5.09. The lowest BCUT2D eigenvalue weighted by atomic mass is 10.7. The molecule has 3 heteroatoms.